The van der Waals surface area contributed by atoms with Crippen molar-refractivity contribution >= 4 is 57.8 Å². The van der Waals surface area contributed by atoms with Crippen molar-refractivity contribution in [1.29, 1.82) is 0 Å². The van der Waals surface area contributed by atoms with E-state index in [0.29, 0.717) is 16.1 Å². The van der Waals surface area contributed by atoms with Crippen LogP contribution in [-0.4, -0.2) is 16.8 Å². The van der Waals surface area contributed by atoms with Gasteiger partial charge in [0.1, 0.15) is 0 Å². The van der Waals surface area contributed by atoms with Crippen LogP contribution in [0.3, 0.4) is 0 Å². The van der Waals surface area contributed by atoms with E-state index in [0.717, 1.165) is 3.57 Å². The van der Waals surface area contributed by atoms with E-state index >= 15 is 0 Å². The zero-order valence-electron chi connectivity index (χ0n) is 11.9. The summed E-state index contributed by atoms with van der Waals surface area (Å²) in [5.74, 6) is -0.522. The van der Waals surface area contributed by atoms with E-state index in [1.54, 1.807) is 18.2 Å². The molecule has 0 unspecified atom stereocenters. The molecule has 2 aromatic rings. The minimum atomic E-state index is -0.633. The summed E-state index contributed by atoms with van der Waals surface area (Å²) in [4.78, 5) is 26.5. The van der Waals surface area contributed by atoms with Gasteiger partial charge in [-0.1, -0.05) is 23.7 Å². The quantitative estimate of drug-likeness (QED) is 0.229. The molecule has 1 aliphatic heterocycles. The number of hydrogen-bond acceptors (Lipinski definition) is 5. The van der Waals surface area contributed by atoms with E-state index in [9.17, 15) is 14.9 Å². The van der Waals surface area contributed by atoms with Gasteiger partial charge in [0.25, 0.3) is 5.69 Å². The minimum absolute atomic E-state index is 0.0559. The number of aliphatic imine (C=N–C) groups is 1. The van der Waals surface area contributed by atoms with Crippen molar-refractivity contribution in [1.82, 2.24) is 0 Å². The maximum absolute atomic E-state index is 12.0. The number of nitro benzene ring substituents is 1. The number of nitro groups is 1. The first-order chi connectivity index (χ1) is 11.4. The fraction of sp³-hybridized carbons (Fsp3) is 0. The summed E-state index contributed by atoms with van der Waals surface area (Å²) in [6.07, 6.45) is 1.43. The van der Waals surface area contributed by atoms with Crippen LogP contribution in [0.25, 0.3) is 6.08 Å². The first-order valence-corrected chi connectivity index (χ1v) is 8.12. The van der Waals surface area contributed by atoms with E-state index < -0.39 is 10.9 Å². The summed E-state index contributed by atoms with van der Waals surface area (Å²) in [6.45, 7) is 0. The number of nitrogens with zero attached hydrogens (tertiary/aromatic N) is 2. The average molecular weight is 455 g/mol. The second-order valence-electron chi connectivity index (χ2n) is 4.81. The number of carbonyl (C=O) groups is 1. The lowest BCUT2D eigenvalue weighted by Gasteiger charge is -2.02. The van der Waals surface area contributed by atoms with E-state index in [1.807, 2.05) is 6.07 Å². The predicted molar refractivity (Wildman–Crippen MR) is 97.9 cm³/mol. The van der Waals surface area contributed by atoms with E-state index in [4.69, 9.17) is 16.3 Å². The zero-order chi connectivity index (χ0) is 17.3. The van der Waals surface area contributed by atoms with Crippen LogP contribution in [0.1, 0.15) is 11.1 Å². The molecule has 3 rings (SSSR count). The fourth-order valence-electron chi connectivity index (χ4n) is 2.07. The third kappa shape index (κ3) is 3.46. The highest BCUT2D eigenvalue weighted by Crippen LogP contribution is 2.25. The van der Waals surface area contributed by atoms with Crippen LogP contribution in [0, 0.1) is 13.7 Å². The van der Waals surface area contributed by atoms with Crippen LogP contribution < -0.4 is 0 Å². The number of hydrogen-bond donors (Lipinski definition) is 0. The minimum Gasteiger partial charge on any atom is -0.402 e. The van der Waals surface area contributed by atoms with Crippen molar-refractivity contribution in [2.24, 2.45) is 4.99 Å². The van der Waals surface area contributed by atoms with Gasteiger partial charge in [0.2, 0.25) is 5.90 Å². The van der Waals surface area contributed by atoms with Gasteiger partial charge in [-0.2, -0.15) is 0 Å². The molecule has 120 valence electrons. The Morgan fingerprint density at radius 2 is 2.04 bits per heavy atom. The summed E-state index contributed by atoms with van der Waals surface area (Å²) < 4.78 is 6.09. The van der Waals surface area contributed by atoms with Crippen LogP contribution >= 0.6 is 34.2 Å². The summed E-state index contributed by atoms with van der Waals surface area (Å²) in [6, 6.07) is 11.2. The second-order valence-corrected chi connectivity index (χ2v) is 6.47. The van der Waals surface area contributed by atoms with Gasteiger partial charge in [0.05, 0.1) is 15.5 Å². The smallest absolute Gasteiger partial charge is 0.363 e. The lowest BCUT2D eigenvalue weighted by atomic mass is 10.1. The van der Waals surface area contributed by atoms with Crippen LogP contribution in [0.4, 0.5) is 5.69 Å². The molecule has 2 aromatic carbocycles. The van der Waals surface area contributed by atoms with Gasteiger partial charge in [0, 0.05) is 15.7 Å². The Kier molecular flexibility index (Phi) is 4.63. The van der Waals surface area contributed by atoms with Gasteiger partial charge in [-0.25, -0.2) is 9.79 Å². The van der Waals surface area contributed by atoms with Crippen molar-refractivity contribution in [3.8, 4) is 0 Å². The van der Waals surface area contributed by atoms with E-state index in [2.05, 4.69) is 27.6 Å². The van der Waals surface area contributed by atoms with Crippen molar-refractivity contribution in [3.63, 3.8) is 0 Å². The number of halogens is 2. The number of rotatable bonds is 3. The Bertz CT molecular complexity index is 924. The molecule has 0 fully saturated rings. The summed E-state index contributed by atoms with van der Waals surface area (Å²) >= 11 is 8.23. The lowest BCUT2D eigenvalue weighted by molar-refractivity contribution is -0.384. The maximum Gasteiger partial charge on any atom is 0.363 e. The molecule has 0 N–H and O–H groups in total. The van der Waals surface area contributed by atoms with Gasteiger partial charge in [-0.15, -0.1) is 0 Å². The molecule has 0 saturated heterocycles. The highest BCUT2D eigenvalue weighted by Gasteiger charge is 2.26. The molecule has 0 amide bonds. The van der Waals surface area contributed by atoms with Gasteiger partial charge in [0.15, 0.2) is 5.70 Å². The second kappa shape index (κ2) is 6.70. The Morgan fingerprint density at radius 3 is 2.79 bits per heavy atom. The van der Waals surface area contributed by atoms with Gasteiger partial charge in [-0.3, -0.25) is 10.1 Å². The lowest BCUT2D eigenvalue weighted by Crippen LogP contribution is -2.06. The first-order valence-electron chi connectivity index (χ1n) is 6.66. The monoisotopic (exact) mass is 454 g/mol. The topological polar surface area (TPSA) is 81.8 Å². The highest BCUT2D eigenvalue weighted by molar-refractivity contribution is 14.1. The summed E-state index contributed by atoms with van der Waals surface area (Å²) in [5, 5.41) is 11.2. The standard InChI is InChI=1S/C16H8ClIN2O4/c17-13-5-4-10(18)8-12(13)15-19-14(16(21)24-15)7-9-2-1-3-11(6-9)20(22)23/h1-8H/b14-7+. The largest absolute Gasteiger partial charge is 0.402 e. The molecular formula is C16H8ClIN2O4. The molecule has 0 aliphatic carbocycles. The number of esters is 1. The SMILES string of the molecule is O=C1OC(c2cc(I)ccc2Cl)=N/C1=C/c1cccc([N+](=O)[O-])c1. The van der Waals surface area contributed by atoms with Crippen LogP contribution in [-0.2, 0) is 9.53 Å². The molecule has 24 heavy (non-hydrogen) atoms. The zero-order valence-corrected chi connectivity index (χ0v) is 14.8. The number of ether oxygens (including phenoxy) is 1. The Morgan fingerprint density at radius 1 is 1.25 bits per heavy atom. The average Bonchev–Trinajstić information content (AvgIpc) is 2.90. The molecule has 1 heterocycles. The van der Waals surface area contributed by atoms with Crippen LogP contribution in [0.5, 0.6) is 0 Å². The highest BCUT2D eigenvalue weighted by atomic mass is 127. The number of cyclic esters (lactones) is 1. The number of benzene rings is 2. The third-order valence-electron chi connectivity index (χ3n) is 3.16. The van der Waals surface area contributed by atoms with Crippen LogP contribution in [0.2, 0.25) is 5.02 Å². The molecule has 1 aliphatic rings. The summed E-state index contributed by atoms with van der Waals surface area (Å²) in [5.41, 5.74) is 0.982. The Labute approximate surface area is 155 Å². The third-order valence-corrected chi connectivity index (χ3v) is 4.16. The fourth-order valence-corrected chi connectivity index (χ4v) is 2.76. The Balaban J connectivity index is 1.99. The van der Waals surface area contributed by atoms with Gasteiger partial charge >= 0.3 is 5.97 Å². The van der Waals surface area contributed by atoms with E-state index in [1.165, 1.54) is 24.3 Å². The molecule has 8 heteroatoms. The maximum atomic E-state index is 12.0. The Hall–Kier alpha value is -2.26. The number of carbonyl (C=O) groups excluding carboxylic acids is 1. The summed E-state index contributed by atoms with van der Waals surface area (Å²) in [7, 11) is 0. The molecule has 0 saturated carbocycles. The van der Waals surface area contributed by atoms with Gasteiger partial charge < -0.3 is 4.74 Å². The number of non-ortho nitro benzene ring substituents is 1. The van der Waals surface area contributed by atoms with Crippen molar-refractivity contribution < 1.29 is 14.5 Å². The predicted octanol–water partition coefficient (Wildman–Crippen LogP) is 4.20. The van der Waals surface area contributed by atoms with Crippen molar-refractivity contribution in [3.05, 3.63) is 78.0 Å². The van der Waals surface area contributed by atoms with Crippen molar-refractivity contribution in [2.75, 3.05) is 0 Å². The molecule has 0 radical (unpaired) electrons. The van der Waals surface area contributed by atoms with Crippen molar-refractivity contribution in [2.45, 2.75) is 0 Å². The first kappa shape index (κ1) is 16.6. The van der Waals surface area contributed by atoms with E-state index in [-0.39, 0.29) is 17.3 Å². The molecule has 0 bridgehead atoms. The molecule has 6 nitrogen and oxygen atoms in total. The molecular weight excluding hydrogens is 447 g/mol. The molecule has 0 spiro atoms. The van der Waals surface area contributed by atoms with Gasteiger partial charge in [-0.05, 0) is 52.4 Å². The normalized spacial score (nSPS) is 15.3. The van der Waals surface area contributed by atoms with Crippen LogP contribution in [0.15, 0.2) is 53.2 Å². The molecule has 0 aromatic heterocycles. The molecule has 0 atom stereocenters.